The summed E-state index contributed by atoms with van der Waals surface area (Å²) in [6.45, 7) is 3.25. The number of ether oxygens (including phenoxy) is 1. The minimum atomic E-state index is -3.16. The lowest BCUT2D eigenvalue weighted by Gasteiger charge is -2.28. The van der Waals surface area contributed by atoms with Crippen LogP contribution in [-0.2, 0) is 19.4 Å². The molecule has 1 fully saturated rings. The lowest BCUT2D eigenvalue weighted by Crippen LogP contribution is -2.48. The van der Waals surface area contributed by atoms with Crippen molar-refractivity contribution in [3.05, 3.63) is 24.3 Å². The molecule has 9 heteroatoms. The number of rotatable bonds is 7. The largest absolute Gasteiger partial charge is 0.494 e. The molecule has 2 rings (SSSR count). The number of anilines is 1. The topological polar surface area (TPSA) is 96.0 Å². The fraction of sp³-hybridized carbons (Fsp3) is 0.556. The molecule has 27 heavy (non-hydrogen) atoms. The molecule has 0 aromatic heterocycles. The number of nitrogens with zero attached hydrogens (tertiary/aromatic N) is 2. The van der Waals surface area contributed by atoms with E-state index < -0.39 is 27.7 Å². The van der Waals surface area contributed by atoms with Gasteiger partial charge in [0.25, 0.3) is 0 Å². The van der Waals surface area contributed by atoms with E-state index in [4.69, 9.17) is 4.74 Å². The van der Waals surface area contributed by atoms with Gasteiger partial charge in [0.05, 0.1) is 18.1 Å². The van der Waals surface area contributed by atoms with Crippen LogP contribution in [0, 0.1) is 0 Å². The van der Waals surface area contributed by atoms with Crippen molar-refractivity contribution in [3.8, 4) is 5.75 Å². The molecular weight excluding hydrogens is 370 g/mol. The second-order valence-corrected chi connectivity index (χ2v) is 9.00. The third-order valence-electron chi connectivity index (χ3n) is 4.32. The summed E-state index contributed by atoms with van der Waals surface area (Å²) in [6, 6.07) is 6.25. The summed E-state index contributed by atoms with van der Waals surface area (Å²) in [5, 5.41) is 2.57. The van der Waals surface area contributed by atoms with Crippen LogP contribution in [0.25, 0.3) is 0 Å². The number of carbonyl (C=O) groups excluding carboxylic acids is 2. The summed E-state index contributed by atoms with van der Waals surface area (Å²) in [5.74, 6) is -0.868. The zero-order chi connectivity index (χ0) is 20.0. The Morgan fingerprint density at radius 3 is 2.37 bits per heavy atom. The zero-order valence-corrected chi connectivity index (χ0v) is 16.8. The second kappa shape index (κ2) is 9.18. The van der Waals surface area contributed by atoms with Crippen LogP contribution in [0.3, 0.4) is 0 Å². The fourth-order valence-corrected chi connectivity index (χ4v) is 4.63. The summed E-state index contributed by atoms with van der Waals surface area (Å²) in [4.78, 5) is 28.4. The molecule has 0 aliphatic carbocycles. The second-order valence-electron chi connectivity index (χ2n) is 6.77. The maximum Gasteiger partial charge on any atom is 0.313 e. The van der Waals surface area contributed by atoms with E-state index >= 15 is 0 Å². The SMILES string of the molecule is CCOc1ccc(NC(=O)C(=O)N(CCN(C)C)C2CCS(=O)(=O)C2)cc1. The summed E-state index contributed by atoms with van der Waals surface area (Å²) in [5.41, 5.74) is 0.475. The lowest BCUT2D eigenvalue weighted by atomic mass is 10.2. The highest BCUT2D eigenvalue weighted by molar-refractivity contribution is 7.91. The van der Waals surface area contributed by atoms with Crippen molar-refractivity contribution < 1.29 is 22.7 Å². The van der Waals surface area contributed by atoms with Crippen LogP contribution in [0.2, 0.25) is 0 Å². The molecule has 1 aromatic rings. The van der Waals surface area contributed by atoms with Gasteiger partial charge in [-0.25, -0.2) is 8.42 Å². The summed E-state index contributed by atoms with van der Waals surface area (Å²) >= 11 is 0. The summed E-state index contributed by atoms with van der Waals surface area (Å²) < 4.78 is 28.9. The average molecular weight is 397 g/mol. The normalized spacial score (nSPS) is 18.3. The molecular formula is C18H27N3O5S. The average Bonchev–Trinajstić information content (AvgIpc) is 2.96. The van der Waals surface area contributed by atoms with Gasteiger partial charge < -0.3 is 19.9 Å². The van der Waals surface area contributed by atoms with Gasteiger partial charge in [0.2, 0.25) is 0 Å². The highest BCUT2D eigenvalue weighted by atomic mass is 32.2. The third-order valence-corrected chi connectivity index (χ3v) is 6.07. The summed E-state index contributed by atoms with van der Waals surface area (Å²) in [7, 11) is 0.550. The molecule has 0 bridgehead atoms. The number of amides is 2. The summed E-state index contributed by atoms with van der Waals surface area (Å²) in [6.07, 6.45) is 0.359. The number of likely N-dealkylation sites (N-methyl/N-ethyl adjacent to an activating group) is 1. The Kier molecular flexibility index (Phi) is 7.20. The van der Waals surface area contributed by atoms with Gasteiger partial charge in [-0.15, -0.1) is 0 Å². The molecule has 150 valence electrons. The number of carbonyl (C=O) groups is 2. The van der Waals surface area contributed by atoms with Crippen LogP contribution in [0.4, 0.5) is 5.69 Å². The molecule has 8 nitrogen and oxygen atoms in total. The maximum atomic E-state index is 12.7. The molecule has 0 spiro atoms. The number of benzene rings is 1. The Morgan fingerprint density at radius 2 is 1.85 bits per heavy atom. The molecule has 1 N–H and O–H groups in total. The van der Waals surface area contributed by atoms with E-state index in [-0.39, 0.29) is 11.5 Å². The Bertz CT molecular complexity index is 762. The van der Waals surface area contributed by atoms with Gasteiger partial charge in [-0.2, -0.15) is 0 Å². The first-order valence-corrected chi connectivity index (χ1v) is 10.7. The van der Waals surface area contributed by atoms with E-state index in [1.807, 2.05) is 25.9 Å². The Morgan fingerprint density at radius 1 is 1.19 bits per heavy atom. The number of nitrogens with one attached hydrogen (secondary N) is 1. The number of hydrogen-bond donors (Lipinski definition) is 1. The first kappa shape index (κ1) is 21.2. The first-order chi connectivity index (χ1) is 12.7. The third kappa shape index (κ3) is 6.21. The van der Waals surface area contributed by atoms with Crippen molar-refractivity contribution in [2.75, 3.05) is 50.6 Å². The molecule has 0 saturated carbocycles. The molecule has 1 unspecified atom stereocenters. The predicted octanol–water partition coefficient (Wildman–Crippen LogP) is 0.601. The van der Waals surface area contributed by atoms with Crippen LogP contribution < -0.4 is 10.1 Å². The van der Waals surface area contributed by atoms with Gasteiger partial charge in [0.15, 0.2) is 9.84 Å². The number of sulfone groups is 1. The zero-order valence-electron chi connectivity index (χ0n) is 16.0. The first-order valence-electron chi connectivity index (χ1n) is 8.92. The van der Waals surface area contributed by atoms with Gasteiger partial charge in [-0.3, -0.25) is 9.59 Å². The molecule has 1 aromatic carbocycles. The van der Waals surface area contributed by atoms with Gasteiger partial charge in [0.1, 0.15) is 5.75 Å². The molecule has 1 heterocycles. The van der Waals surface area contributed by atoms with Crippen molar-refractivity contribution in [1.82, 2.24) is 9.80 Å². The van der Waals surface area contributed by atoms with E-state index in [0.29, 0.717) is 37.6 Å². The molecule has 1 aliphatic rings. The van der Waals surface area contributed by atoms with Gasteiger partial charge in [-0.1, -0.05) is 0 Å². The van der Waals surface area contributed by atoms with E-state index in [9.17, 15) is 18.0 Å². The fourth-order valence-electron chi connectivity index (χ4n) is 2.90. The number of hydrogen-bond acceptors (Lipinski definition) is 6. The quantitative estimate of drug-likeness (QED) is 0.677. The molecule has 0 radical (unpaired) electrons. The van der Waals surface area contributed by atoms with E-state index in [1.165, 1.54) is 4.90 Å². The van der Waals surface area contributed by atoms with Crippen LogP contribution in [0.1, 0.15) is 13.3 Å². The monoisotopic (exact) mass is 397 g/mol. The van der Waals surface area contributed by atoms with E-state index in [1.54, 1.807) is 24.3 Å². The van der Waals surface area contributed by atoms with Gasteiger partial charge >= 0.3 is 11.8 Å². The van der Waals surface area contributed by atoms with Gasteiger partial charge in [0, 0.05) is 24.8 Å². The maximum absolute atomic E-state index is 12.7. The Labute approximate surface area is 160 Å². The minimum absolute atomic E-state index is 0.0456. The standard InChI is InChI=1S/C18H27N3O5S/c1-4-26-16-7-5-14(6-8-16)19-17(22)18(23)21(11-10-20(2)3)15-9-12-27(24,25)13-15/h5-8,15H,4,9-13H2,1-3H3,(H,19,22). The molecule has 2 amide bonds. The highest BCUT2D eigenvalue weighted by Crippen LogP contribution is 2.19. The minimum Gasteiger partial charge on any atom is -0.494 e. The Hall–Kier alpha value is -2.13. The molecule has 1 atom stereocenters. The van der Waals surface area contributed by atoms with E-state index in [0.717, 1.165) is 0 Å². The van der Waals surface area contributed by atoms with Crippen LogP contribution in [0.15, 0.2) is 24.3 Å². The Balaban J connectivity index is 2.07. The van der Waals surface area contributed by atoms with Gasteiger partial charge in [-0.05, 0) is 51.7 Å². The van der Waals surface area contributed by atoms with Crippen molar-refractivity contribution >= 4 is 27.3 Å². The van der Waals surface area contributed by atoms with E-state index in [2.05, 4.69) is 5.32 Å². The van der Waals surface area contributed by atoms with Crippen LogP contribution in [0.5, 0.6) is 5.75 Å². The smallest absolute Gasteiger partial charge is 0.313 e. The van der Waals surface area contributed by atoms with Crippen LogP contribution >= 0.6 is 0 Å². The molecule has 1 saturated heterocycles. The lowest BCUT2D eigenvalue weighted by molar-refractivity contribution is -0.144. The van der Waals surface area contributed by atoms with Crippen molar-refractivity contribution in [2.24, 2.45) is 0 Å². The highest BCUT2D eigenvalue weighted by Gasteiger charge is 2.36. The van der Waals surface area contributed by atoms with Crippen LogP contribution in [-0.4, -0.2) is 81.4 Å². The molecule has 1 aliphatic heterocycles. The van der Waals surface area contributed by atoms with Crippen molar-refractivity contribution in [3.63, 3.8) is 0 Å². The predicted molar refractivity (Wildman–Crippen MR) is 104 cm³/mol. The van der Waals surface area contributed by atoms with Crippen molar-refractivity contribution in [1.29, 1.82) is 0 Å². The van der Waals surface area contributed by atoms with Crippen molar-refractivity contribution in [2.45, 2.75) is 19.4 Å².